The molecule has 0 bridgehead atoms. The van der Waals surface area contributed by atoms with Gasteiger partial charge in [-0.3, -0.25) is 24.2 Å². The maximum Gasteiger partial charge on any atom is 0.239 e. The molecule has 0 aliphatic heterocycles. The SMILES string of the molecule is CNC(CCCN=C(N)N)C(=O)NCC(=O)NCC(=O)NCC(=O)NCC=O. The molecule has 28 heavy (non-hydrogen) atoms. The molecule has 0 aliphatic rings. The van der Waals surface area contributed by atoms with Gasteiger partial charge in [0.15, 0.2) is 5.96 Å². The molecule has 13 heteroatoms. The second-order valence-corrected chi connectivity index (χ2v) is 5.53. The summed E-state index contributed by atoms with van der Waals surface area (Å²) >= 11 is 0. The van der Waals surface area contributed by atoms with Crippen LogP contribution in [-0.2, 0) is 24.0 Å². The third-order valence-corrected chi connectivity index (χ3v) is 3.31. The number of hydrogen-bond acceptors (Lipinski definition) is 7. The van der Waals surface area contributed by atoms with E-state index in [1.54, 1.807) is 7.05 Å². The van der Waals surface area contributed by atoms with Gasteiger partial charge in [-0.25, -0.2) is 0 Å². The Labute approximate surface area is 162 Å². The van der Waals surface area contributed by atoms with Crippen molar-refractivity contribution in [2.45, 2.75) is 18.9 Å². The predicted octanol–water partition coefficient (Wildman–Crippen LogP) is -4.71. The average Bonchev–Trinajstić information content (AvgIpc) is 2.66. The van der Waals surface area contributed by atoms with Crippen LogP contribution in [0.5, 0.6) is 0 Å². The summed E-state index contributed by atoms with van der Waals surface area (Å²) in [5, 5.41) is 12.1. The first-order valence-corrected chi connectivity index (χ1v) is 8.54. The smallest absolute Gasteiger partial charge is 0.239 e. The number of amides is 4. The summed E-state index contributed by atoms with van der Waals surface area (Å²) in [7, 11) is 1.61. The van der Waals surface area contributed by atoms with Crippen LogP contribution < -0.4 is 38.1 Å². The Morgan fingerprint density at radius 2 is 1.46 bits per heavy atom. The summed E-state index contributed by atoms with van der Waals surface area (Å²) in [6.07, 6.45) is 1.55. The van der Waals surface area contributed by atoms with Gasteiger partial charge in [0.05, 0.1) is 32.2 Å². The third-order valence-electron chi connectivity index (χ3n) is 3.31. The number of guanidine groups is 1. The van der Waals surface area contributed by atoms with Gasteiger partial charge in [-0.1, -0.05) is 0 Å². The molecule has 1 unspecified atom stereocenters. The van der Waals surface area contributed by atoms with Gasteiger partial charge in [0.25, 0.3) is 0 Å². The minimum absolute atomic E-state index is 0.0206. The summed E-state index contributed by atoms with van der Waals surface area (Å²) in [6, 6.07) is -0.518. The van der Waals surface area contributed by atoms with Crippen LogP contribution in [0.3, 0.4) is 0 Å². The molecule has 0 aliphatic carbocycles. The molecule has 13 nitrogen and oxygen atoms in total. The van der Waals surface area contributed by atoms with Crippen molar-refractivity contribution in [3.8, 4) is 0 Å². The second-order valence-electron chi connectivity index (χ2n) is 5.53. The molecule has 1 atom stereocenters. The Bertz CT molecular complexity index is 577. The first-order valence-electron chi connectivity index (χ1n) is 8.54. The molecule has 4 amide bonds. The summed E-state index contributed by atoms with van der Waals surface area (Å²) in [6.45, 7) is -0.742. The highest BCUT2D eigenvalue weighted by atomic mass is 16.2. The number of aldehydes is 1. The lowest BCUT2D eigenvalue weighted by Gasteiger charge is -2.15. The van der Waals surface area contributed by atoms with E-state index in [-0.39, 0.29) is 38.0 Å². The predicted molar refractivity (Wildman–Crippen MR) is 101 cm³/mol. The molecular weight excluding hydrogens is 372 g/mol. The van der Waals surface area contributed by atoms with Crippen LogP contribution >= 0.6 is 0 Å². The molecule has 0 fully saturated rings. The van der Waals surface area contributed by atoms with E-state index >= 15 is 0 Å². The number of nitrogens with zero attached hydrogens (tertiary/aromatic N) is 1. The first-order chi connectivity index (χ1) is 13.3. The molecule has 0 aromatic heterocycles. The zero-order valence-corrected chi connectivity index (χ0v) is 15.7. The van der Waals surface area contributed by atoms with Crippen molar-refractivity contribution >= 4 is 35.9 Å². The number of nitrogens with two attached hydrogens (primary N) is 2. The average molecular weight is 400 g/mol. The Morgan fingerprint density at radius 3 is 1.96 bits per heavy atom. The standard InChI is InChI=1S/C15H28N8O5/c1-18-10(3-2-4-20-15(16)17)14(28)23-9-13(27)22-8-12(26)21-7-11(25)19-5-6-24/h6,10,18H,2-5,7-9H2,1H3,(H,19,25)(H,21,26)(H,22,27)(H,23,28)(H4,16,17,20). The number of rotatable bonds is 14. The fourth-order valence-electron chi connectivity index (χ4n) is 1.90. The van der Waals surface area contributed by atoms with Crippen LogP contribution in [0, 0.1) is 0 Å². The van der Waals surface area contributed by atoms with Crippen LogP contribution in [0.4, 0.5) is 0 Å². The molecule has 0 spiro atoms. The number of carbonyl (C=O) groups excluding carboxylic acids is 5. The normalized spacial score (nSPS) is 10.9. The van der Waals surface area contributed by atoms with Crippen molar-refractivity contribution in [3.05, 3.63) is 0 Å². The van der Waals surface area contributed by atoms with Gasteiger partial charge >= 0.3 is 0 Å². The lowest BCUT2D eigenvalue weighted by Crippen LogP contribution is -2.48. The topological polar surface area (TPSA) is 210 Å². The zero-order chi connectivity index (χ0) is 21.4. The zero-order valence-electron chi connectivity index (χ0n) is 15.7. The highest BCUT2D eigenvalue weighted by Gasteiger charge is 2.16. The van der Waals surface area contributed by atoms with Crippen molar-refractivity contribution in [2.24, 2.45) is 16.5 Å². The summed E-state index contributed by atoms with van der Waals surface area (Å²) in [4.78, 5) is 60.3. The quantitative estimate of drug-likeness (QED) is 0.0650. The van der Waals surface area contributed by atoms with Crippen LogP contribution in [0.2, 0.25) is 0 Å². The monoisotopic (exact) mass is 400 g/mol. The van der Waals surface area contributed by atoms with Gasteiger partial charge in [-0.05, 0) is 19.9 Å². The number of aliphatic imine (C=N–C) groups is 1. The van der Waals surface area contributed by atoms with E-state index in [9.17, 15) is 24.0 Å². The van der Waals surface area contributed by atoms with Gasteiger partial charge in [-0.2, -0.15) is 0 Å². The van der Waals surface area contributed by atoms with Crippen molar-refractivity contribution < 1.29 is 24.0 Å². The van der Waals surface area contributed by atoms with E-state index in [1.165, 1.54) is 0 Å². The van der Waals surface area contributed by atoms with Crippen LogP contribution in [0.1, 0.15) is 12.8 Å². The number of hydrogen-bond donors (Lipinski definition) is 7. The van der Waals surface area contributed by atoms with Gasteiger partial charge in [0, 0.05) is 6.54 Å². The fraction of sp³-hybridized carbons (Fsp3) is 0.600. The molecule has 9 N–H and O–H groups in total. The first kappa shape index (κ1) is 24.8. The molecule has 158 valence electrons. The summed E-state index contributed by atoms with van der Waals surface area (Å²) < 4.78 is 0. The summed E-state index contributed by atoms with van der Waals surface area (Å²) in [5.41, 5.74) is 10.4. The fourth-order valence-corrected chi connectivity index (χ4v) is 1.90. The third kappa shape index (κ3) is 13.0. The van der Waals surface area contributed by atoms with E-state index in [1.807, 2.05) is 0 Å². The molecule has 0 rings (SSSR count). The molecule has 0 heterocycles. The van der Waals surface area contributed by atoms with Gasteiger partial charge in [0.1, 0.15) is 6.29 Å². The van der Waals surface area contributed by atoms with E-state index in [4.69, 9.17) is 11.5 Å². The molecule has 0 radical (unpaired) electrons. The molecule has 0 aromatic rings. The molecule has 0 saturated carbocycles. The Kier molecular flexibility index (Phi) is 13.2. The molecular formula is C15H28N8O5. The maximum atomic E-state index is 12.0. The highest BCUT2D eigenvalue weighted by molar-refractivity contribution is 5.91. The van der Waals surface area contributed by atoms with Crippen LogP contribution in [0.25, 0.3) is 0 Å². The lowest BCUT2D eigenvalue weighted by atomic mass is 10.1. The molecule has 0 saturated heterocycles. The van der Waals surface area contributed by atoms with Gasteiger partial charge < -0.3 is 42.8 Å². The van der Waals surface area contributed by atoms with Gasteiger partial charge in [0.2, 0.25) is 23.6 Å². The van der Waals surface area contributed by atoms with Crippen molar-refractivity contribution in [3.63, 3.8) is 0 Å². The lowest BCUT2D eigenvalue weighted by molar-refractivity contribution is -0.129. The van der Waals surface area contributed by atoms with Crippen LogP contribution in [-0.4, -0.2) is 81.7 Å². The Balaban J connectivity index is 4.03. The minimum Gasteiger partial charge on any atom is -0.370 e. The van der Waals surface area contributed by atoms with E-state index < -0.39 is 23.8 Å². The number of carbonyl (C=O) groups is 5. The highest BCUT2D eigenvalue weighted by Crippen LogP contribution is 1.97. The second kappa shape index (κ2) is 14.9. The molecule has 0 aromatic carbocycles. The van der Waals surface area contributed by atoms with E-state index in [2.05, 4.69) is 31.6 Å². The largest absolute Gasteiger partial charge is 0.370 e. The number of likely N-dealkylation sites (N-methyl/N-ethyl adjacent to an activating group) is 1. The van der Waals surface area contributed by atoms with Gasteiger partial charge in [-0.15, -0.1) is 0 Å². The van der Waals surface area contributed by atoms with E-state index in [0.29, 0.717) is 25.7 Å². The van der Waals surface area contributed by atoms with Crippen molar-refractivity contribution in [1.82, 2.24) is 26.6 Å². The van der Waals surface area contributed by atoms with E-state index in [0.717, 1.165) is 0 Å². The number of nitrogens with one attached hydrogen (secondary N) is 5. The Hall–Kier alpha value is -3.22. The minimum atomic E-state index is -0.589. The van der Waals surface area contributed by atoms with Crippen molar-refractivity contribution in [1.29, 1.82) is 0 Å². The summed E-state index contributed by atoms with van der Waals surface area (Å²) in [5.74, 6) is -2.08. The Morgan fingerprint density at radius 1 is 0.929 bits per heavy atom. The van der Waals surface area contributed by atoms with Crippen LogP contribution in [0.15, 0.2) is 4.99 Å². The maximum absolute atomic E-state index is 12.0. The van der Waals surface area contributed by atoms with Crippen molar-refractivity contribution in [2.75, 3.05) is 39.8 Å².